The van der Waals surface area contributed by atoms with Crippen molar-refractivity contribution in [2.45, 2.75) is 27.2 Å². The molecular formula is C13H18N2O3. The number of nitrogens with zero attached hydrogens (tertiary/aromatic N) is 1. The van der Waals surface area contributed by atoms with E-state index in [0.29, 0.717) is 5.69 Å². The van der Waals surface area contributed by atoms with Gasteiger partial charge in [-0.2, -0.15) is 0 Å². The molecule has 0 fully saturated rings. The summed E-state index contributed by atoms with van der Waals surface area (Å²) in [7, 11) is 0. The Bertz CT molecular complexity index is 455. The van der Waals surface area contributed by atoms with Crippen molar-refractivity contribution in [2.75, 3.05) is 6.54 Å². The lowest BCUT2D eigenvalue weighted by Crippen LogP contribution is -2.39. The molecule has 1 aromatic rings. The third-order valence-electron chi connectivity index (χ3n) is 2.75. The van der Waals surface area contributed by atoms with E-state index < -0.39 is 11.4 Å². The van der Waals surface area contributed by atoms with Gasteiger partial charge in [0.2, 0.25) is 5.91 Å². The van der Waals surface area contributed by atoms with E-state index in [2.05, 4.69) is 10.3 Å². The first-order valence-corrected chi connectivity index (χ1v) is 5.73. The molecule has 0 aliphatic heterocycles. The van der Waals surface area contributed by atoms with E-state index in [1.165, 1.54) is 0 Å². The Hall–Kier alpha value is -1.91. The van der Waals surface area contributed by atoms with Crippen LogP contribution in [0, 0.1) is 12.3 Å². The van der Waals surface area contributed by atoms with E-state index in [-0.39, 0.29) is 18.9 Å². The molecule has 1 rings (SSSR count). The number of aliphatic carboxylic acids is 1. The minimum atomic E-state index is -0.963. The number of amides is 1. The van der Waals surface area contributed by atoms with Crippen molar-refractivity contribution in [1.29, 1.82) is 0 Å². The maximum Gasteiger partial charge on any atom is 0.310 e. The number of hydrogen-bond acceptors (Lipinski definition) is 3. The van der Waals surface area contributed by atoms with Crippen LogP contribution in [0.4, 0.5) is 0 Å². The standard InChI is InChI=1S/C13H18N2O3/c1-9-5-4-6-14-10(9)7-11(16)15-8-13(2,3)12(17)18/h4-6H,7-8H2,1-3H3,(H,15,16)(H,17,18). The Balaban J connectivity index is 2.54. The summed E-state index contributed by atoms with van der Waals surface area (Å²) < 4.78 is 0. The van der Waals surface area contributed by atoms with Crippen molar-refractivity contribution in [3.05, 3.63) is 29.6 Å². The van der Waals surface area contributed by atoms with Gasteiger partial charge in [0, 0.05) is 12.7 Å². The van der Waals surface area contributed by atoms with Crippen LogP contribution in [0.1, 0.15) is 25.1 Å². The Morgan fingerprint density at radius 2 is 2.11 bits per heavy atom. The second-order valence-electron chi connectivity index (χ2n) is 4.91. The summed E-state index contributed by atoms with van der Waals surface area (Å²) >= 11 is 0. The zero-order valence-electron chi connectivity index (χ0n) is 10.9. The van der Waals surface area contributed by atoms with Crippen LogP contribution in [-0.2, 0) is 16.0 Å². The van der Waals surface area contributed by atoms with Crippen LogP contribution in [0.2, 0.25) is 0 Å². The average Bonchev–Trinajstić information content (AvgIpc) is 2.29. The Morgan fingerprint density at radius 1 is 1.44 bits per heavy atom. The first-order valence-electron chi connectivity index (χ1n) is 5.73. The predicted molar refractivity (Wildman–Crippen MR) is 67.1 cm³/mol. The highest BCUT2D eigenvalue weighted by Crippen LogP contribution is 2.13. The highest BCUT2D eigenvalue weighted by atomic mass is 16.4. The van der Waals surface area contributed by atoms with E-state index in [9.17, 15) is 9.59 Å². The summed E-state index contributed by atoms with van der Waals surface area (Å²) in [6.07, 6.45) is 1.80. The van der Waals surface area contributed by atoms with E-state index in [0.717, 1.165) is 5.56 Å². The Labute approximate surface area is 106 Å². The third kappa shape index (κ3) is 3.84. The fourth-order valence-electron chi connectivity index (χ4n) is 1.31. The van der Waals surface area contributed by atoms with Gasteiger partial charge in [-0.3, -0.25) is 14.6 Å². The van der Waals surface area contributed by atoms with Crippen molar-refractivity contribution in [1.82, 2.24) is 10.3 Å². The van der Waals surface area contributed by atoms with Crippen molar-refractivity contribution < 1.29 is 14.7 Å². The Morgan fingerprint density at radius 3 is 2.67 bits per heavy atom. The topological polar surface area (TPSA) is 79.3 Å². The maximum atomic E-state index is 11.7. The normalized spacial score (nSPS) is 11.1. The molecule has 0 aliphatic rings. The van der Waals surface area contributed by atoms with Crippen LogP contribution in [-0.4, -0.2) is 28.5 Å². The summed E-state index contributed by atoms with van der Waals surface area (Å²) in [5, 5.41) is 11.5. The minimum absolute atomic E-state index is 0.104. The van der Waals surface area contributed by atoms with Gasteiger partial charge >= 0.3 is 5.97 Å². The van der Waals surface area contributed by atoms with Crippen LogP contribution in [0.3, 0.4) is 0 Å². The van der Waals surface area contributed by atoms with Gasteiger partial charge in [-0.25, -0.2) is 0 Å². The van der Waals surface area contributed by atoms with Crippen LogP contribution < -0.4 is 5.32 Å². The summed E-state index contributed by atoms with van der Waals surface area (Å²) in [5.41, 5.74) is 0.697. The lowest BCUT2D eigenvalue weighted by molar-refractivity contribution is -0.146. The molecule has 2 N–H and O–H groups in total. The highest BCUT2D eigenvalue weighted by Gasteiger charge is 2.27. The van der Waals surface area contributed by atoms with Crippen LogP contribution in [0.15, 0.2) is 18.3 Å². The molecule has 0 aliphatic carbocycles. The number of hydrogen-bond donors (Lipinski definition) is 2. The van der Waals surface area contributed by atoms with Gasteiger partial charge in [0.25, 0.3) is 0 Å². The van der Waals surface area contributed by atoms with Crippen LogP contribution >= 0.6 is 0 Å². The lowest BCUT2D eigenvalue weighted by atomic mass is 9.94. The van der Waals surface area contributed by atoms with Crippen LogP contribution in [0.25, 0.3) is 0 Å². The van der Waals surface area contributed by atoms with Gasteiger partial charge in [0.15, 0.2) is 0 Å². The fourth-order valence-corrected chi connectivity index (χ4v) is 1.31. The van der Waals surface area contributed by atoms with Gasteiger partial charge in [-0.05, 0) is 32.4 Å². The number of carbonyl (C=O) groups is 2. The first kappa shape index (κ1) is 14.2. The van der Waals surface area contributed by atoms with Crippen molar-refractivity contribution >= 4 is 11.9 Å². The van der Waals surface area contributed by atoms with Gasteiger partial charge in [-0.15, -0.1) is 0 Å². The van der Waals surface area contributed by atoms with E-state index in [1.54, 1.807) is 20.0 Å². The zero-order chi connectivity index (χ0) is 13.8. The molecule has 0 saturated heterocycles. The average molecular weight is 250 g/mol. The van der Waals surface area contributed by atoms with Gasteiger partial charge in [-0.1, -0.05) is 6.07 Å². The number of rotatable bonds is 5. The SMILES string of the molecule is Cc1cccnc1CC(=O)NCC(C)(C)C(=O)O. The number of nitrogens with one attached hydrogen (secondary N) is 1. The van der Waals surface area contributed by atoms with Crippen LogP contribution in [0.5, 0.6) is 0 Å². The smallest absolute Gasteiger partial charge is 0.310 e. The molecule has 0 saturated carbocycles. The molecule has 0 radical (unpaired) electrons. The molecule has 18 heavy (non-hydrogen) atoms. The van der Waals surface area contributed by atoms with E-state index >= 15 is 0 Å². The summed E-state index contributed by atoms with van der Waals surface area (Å²) in [4.78, 5) is 26.7. The van der Waals surface area contributed by atoms with E-state index in [4.69, 9.17) is 5.11 Å². The number of carbonyl (C=O) groups excluding carboxylic acids is 1. The minimum Gasteiger partial charge on any atom is -0.481 e. The molecule has 0 spiro atoms. The molecule has 0 unspecified atom stereocenters. The number of pyridine rings is 1. The quantitative estimate of drug-likeness (QED) is 0.821. The monoisotopic (exact) mass is 250 g/mol. The highest BCUT2D eigenvalue weighted by molar-refractivity contribution is 5.80. The number of aromatic nitrogens is 1. The molecule has 1 amide bonds. The molecular weight excluding hydrogens is 232 g/mol. The van der Waals surface area contributed by atoms with Gasteiger partial charge in [0.05, 0.1) is 17.5 Å². The number of carboxylic acid groups (broad SMARTS) is 1. The second-order valence-corrected chi connectivity index (χ2v) is 4.91. The summed E-state index contributed by atoms with van der Waals surface area (Å²) in [6.45, 7) is 5.13. The molecule has 0 bridgehead atoms. The lowest BCUT2D eigenvalue weighted by Gasteiger charge is -2.19. The number of carboxylic acids is 1. The molecule has 0 aromatic carbocycles. The largest absolute Gasteiger partial charge is 0.481 e. The van der Waals surface area contributed by atoms with Crippen molar-refractivity contribution in [3.8, 4) is 0 Å². The Kier molecular flexibility index (Phi) is 4.42. The predicted octanol–water partition coefficient (Wildman–Crippen LogP) is 1.16. The molecule has 5 heteroatoms. The second kappa shape index (κ2) is 5.62. The van der Waals surface area contributed by atoms with Crippen molar-refractivity contribution in [3.63, 3.8) is 0 Å². The molecule has 98 valence electrons. The van der Waals surface area contributed by atoms with Gasteiger partial charge in [0.1, 0.15) is 0 Å². The maximum absolute atomic E-state index is 11.7. The number of aryl methyl sites for hydroxylation is 1. The molecule has 1 heterocycles. The zero-order valence-corrected chi connectivity index (χ0v) is 10.9. The first-order chi connectivity index (χ1) is 8.33. The third-order valence-corrected chi connectivity index (χ3v) is 2.75. The molecule has 5 nitrogen and oxygen atoms in total. The molecule has 1 aromatic heterocycles. The molecule has 0 atom stereocenters. The van der Waals surface area contributed by atoms with Gasteiger partial charge < -0.3 is 10.4 Å². The summed E-state index contributed by atoms with van der Waals surface area (Å²) in [5.74, 6) is -1.15. The fraction of sp³-hybridized carbons (Fsp3) is 0.462. The summed E-state index contributed by atoms with van der Waals surface area (Å²) in [6, 6.07) is 3.70. The van der Waals surface area contributed by atoms with E-state index in [1.807, 2.05) is 19.1 Å². The van der Waals surface area contributed by atoms with Crippen molar-refractivity contribution in [2.24, 2.45) is 5.41 Å².